The molecule has 1 fully saturated rings. The summed E-state index contributed by atoms with van der Waals surface area (Å²) in [5, 5.41) is 3.02. The minimum absolute atomic E-state index is 0.187. The van der Waals surface area contributed by atoms with Crippen LogP contribution in [0.15, 0.2) is 11.1 Å². The lowest BCUT2D eigenvalue weighted by Crippen LogP contribution is -2.36. The van der Waals surface area contributed by atoms with Gasteiger partial charge < -0.3 is 15.0 Å². The predicted octanol–water partition coefficient (Wildman–Crippen LogP) is 3.74. The standard InChI is InChI=1S/C14H15Cl2N3O2/c1-17-14(20)21-13-9(15)6-10-8(12(13)16)7-19-5-3-2-4-11(19)18-10/h6H,2-5,7H2,1H3,(H,17,20). The molecule has 1 N–H and O–H groups in total. The monoisotopic (exact) mass is 327 g/mol. The van der Waals surface area contributed by atoms with Crippen molar-refractivity contribution in [1.82, 2.24) is 10.2 Å². The summed E-state index contributed by atoms with van der Waals surface area (Å²) in [6, 6.07) is 1.71. The highest BCUT2D eigenvalue weighted by Gasteiger charge is 2.27. The van der Waals surface area contributed by atoms with Crippen molar-refractivity contribution in [2.24, 2.45) is 4.99 Å². The Morgan fingerprint density at radius 1 is 1.43 bits per heavy atom. The third-order valence-electron chi connectivity index (χ3n) is 3.69. The number of carbonyl (C=O) groups excluding carboxylic acids is 1. The van der Waals surface area contributed by atoms with Crippen LogP contribution in [0.3, 0.4) is 0 Å². The molecular formula is C14H15Cl2N3O2. The smallest absolute Gasteiger partial charge is 0.407 e. The van der Waals surface area contributed by atoms with Gasteiger partial charge in [-0.25, -0.2) is 9.79 Å². The Labute approximate surface area is 132 Å². The van der Waals surface area contributed by atoms with Crippen molar-refractivity contribution in [3.63, 3.8) is 0 Å². The lowest BCUT2D eigenvalue weighted by atomic mass is 10.0. The van der Waals surface area contributed by atoms with Gasteiger partial charge in [0.2, 0.25) is 0 Å². The normalized spacial score (nSPS) is 16.7. The van der Waals surface area contributed by atoms with Gasteiger partial charge in [0.05, 0.1) is 15.7 Å². The molecule has 1 saturated heterocycles. The van der Waals surface area contributed by atoms with Crippen molar-refractivity contribution in [2.75, 3.05) is 13.6 Å². The highest BCUT2D eigenvalue weighted by molar-refractivity contribution is 6.38. The summed E-state index contributed by atoms with van der Waals surface area (Å²) < 4.78 is 5.15. The van der Waals surface area contributed by atoms with E-state index in [1.165, 1.54) is 7.05 Å². The molecule has 5 nitrogen and oxygen atoms in total. The largest absolute Gasteiger partial charge is 0.412 e. The number of benzene rings is 1. The third kappa shape index (κ3) is 2.68. The second kappa shape index (κ2) is 5.73. The Hall–Kier alpha value is -1.46. The van der Waals surface area contributed by atoms with E-state index in [0.717, 1.165) is 42.9 Å². The van der Waals surface area contributed by atoms with E-state index in [9.17, 15) is 4.79 Å². The molecule has 0 aliphatic carbocycles. The molecule has 112 valence electrons. The summed E-state index contributed by atoms with van der Waals surface area (Å²) >= 11 is 12.5. The van der Waals surface area contributed by atoms with E-state index < -0.39 is 6.09 Å². The minimum atomic E-state index is -0.600. The van der Waals surface area contributed by atoms with E-state index in [-0.39, 0.29) is 10.8 Å². The van der Waals surface area contributed by atoms with Crippen molar-refractivity contribution in [3.8, 4) is 5.75 Å². The summed E-state index contributed by atoms with van der Waals surface area (Å²) in [7, 11) is 1.48. The molecule has 3 rings (SSSR count). The molecule has 1 amide bonds. The number of nitrogens with zero attached hydrogens (tertiary/aromatic N) is 2. The first-order valence-electron chi connectivity index (χ1n) is 6.83. The maximum absolute atomic E-state index is 11.4. The van der Waals surface area contributed by atoms with E-state index in [4.69, 9.17) is 27.9 Å². The number of amides is 1. The molecule has 0 unspecified atom stereocenters. The average molecular weight is 328 g/mol. The molecule has 1 aromatic carbocycles. The fraction of sp³-hybridized carbons (Fsp3) is 0.429. The van der Waals surface area contributed by atoms with Crippen LogP contribution in [0.25, 0.3) is 0 Å². The molecule has 0 atom stereocenters. The van der Waals surface area contributed by atoms with Gasteiger partial charge in [-0.2, -0.15) is 0 Å². The van der Waals surface area contributed by atoms with Crippen LogP contribution < -0.4 is 10.1 Å². The van der Waals surface area contributed by atoms with Crippen LogP contribution in [-0.4, -0.2) is 30.4 Å². The van der Waals surface area contributed by atoms with Gasteiger partial charge in [0, 0.05) is 32.1 Å². The Balaban J connectivity index is 2.02. The van der Waals surface area contributed by atoms with Gasteiger partial charge in [-0.15, -0.1) is 0 Å². The van der Waals surface area contributed by atoms with E-state index >= 15 is 0 Å². The summed E-state index contributed by atoms with van der Waals surface area (Å²) in [6.07, 6.45) is 2.69. The van der Waals surface area contributed by atoms with Crippen molar-refractivity contribution in [2.45, 2.75) is 25.8 Å². The highest BCUT2D eigenvalue weighted by atomic mass is 35.5. The topological polar surface area (TPSA) is 53.9 Å². The highest BCUT2D eigenvalue weighted by Crippen LogP contribution is 2.44. The lowest BCUT2D eigenvalue weighted by molar-refractivity contribution is 0.203. The zero-order valence-corrected chi connectivity index (χ0v) is 13.1. The van der Waals surface area contributed by atoms with Crippen LogP contribution in [0.2, 0.25) is 10.0 Å². The molecule has 2 aliphatic heterocycles. The molecule has 0 saturated carbocycles. The number of rotatable bonds is 1. The third-order valence-corrected chi connectivity index (χ3v) is 4.38. The summed E-state index contributed by atoms with van der Waals surface area (Å²) in [5.41, 5.74) is 1.62. The number of halogens is 2. The fourth-order valence-electron chi connectivity index (χ4n) is 2.61. The summed E-state index contributed by atoms with van der Waals surface area (Å²) in [6.45, 7) is 1.65. The molecule has 0 bridgehead atoms. The summed E-state index contributed by atoms with van der Waals surface area (Å²) in [5.74, 6) is 1.27. The van der Waals surface area contributed by atoms with E-state index in [0.29, 0.717) is 11.6 Å². The molecule has 0 spiro atoms. The Kier molecular flexibility index (Phi) is 3.95. The zero-order valence-electron chi connectivity index (χ0n) is 11.6. The summed E-state index contributed by atoms with van der Waals surface area (Å²) in [4.78, 5) is 18.3. The van der Waals surface area contributed by atoms with Gasteiger partial charge in [0.15, 0.2) is 5.75 Å². The van der Waals surface area contributed by atoms with Crippen molar-refractivity contribution in [3.05, 3.63) is 21.7 Å². The van der Waals surface area contributed by atoms with Gasteiger partial charge >= 0.3 is 6.09 Å². The van der Waals surface area contributed by atoms with E-state index in [1.807, 2.05) is 0 Å². The number of amidine groups is 1. The molecule has 0 radical (unpaired) electrons. The van der Waals surface area contributed by atoms with Crippen LogP contribution in [0, 0.1) is 0 Å². The maximum Gasteiger partial charge on any atom is 0.412 e. The van der Waals surface area contributed by atoms with Crippen LogP contribution in [-0.2, 0) is 6.54 Å². The number of nitrogens with one attached hydrogen (secondary N) is 1. The van der Waals surface area contributed by atoms with Gasteiger partial charge in [0.25, 0.3) is 0 Å². The van der Waals surface area contributed by atoms with Crippen molar-refractivity contribution in [1.29, 1.82) is 0 Å². The average Bonchev–Trinajstić information content (AvgIpc) is 2.49. The quantitative estimate of drug-likeness (QED) is 0.854. The maximum atomic E-state index is 11.4. The number of fused-ring (bicyclic) bond motifs is 2. The van der Waals surface area contributed by atoms with Gasteiger partial charge in [0.1, 0.15) is 5.84 Å². The first-order chi connectivity index (χ1) is 10.1. The first-order valence-corrected chi connectivity index (χ1v) is 7.58. The molecule has 2 aliphatic rings. The second-order valence-corrected chi connectivity index (χ2v) is 5.83. The van der Waals surface area contributed by atoms with Crippen LogP contribution >= 0.6 is 23.2 Å². The fourth-order valence-corrected chi connectivity index (χ4v) is 3.20. The molecular weight excluding hydrogens is 313 g/mol. The first kappa shape index (κ1) is 14.5. The molecule has 0 aromatic heterocycles. The number of ether oxygens (including phenoxy) is 1. The van der Waals surface area contributed by atoms with Crippen LogP contribution in [0.4, 0.5) is 10.5 Å². The molecule has 7 heteroatoms. The second-order valence-electron chi connectivity index (χ2n) is 5.05. The lowest BCUT2D eigenvalue weighted by Gasteiger charge is -2.34. The Morgan fingerprint density at radius 2 is 2.24 bits per heavy atom. The Bertz CT molecular complexity index is 631. The number of piperidine rings is 1. The van der Waals surface area contributed by atoms with E-state index in [2.05, 4.69) is 15.2 Å². The predicted molar refractivity (Wildman–Crippen MR) is 82.9 cm³/mol. The van der Waals surface area contributed by atoms with Crippen LogP contribution in [0.5, 0.6) is 5.75 Å². The van der Waals surface area contributed by atoms with Crippen molar-refractivity contribution >= 4 is 40.8 Å². The SMILES string of the molecule is CNC(=O)Oc1c(Cl)cc2c(c1Cl)CN1CCCCC1=N2. The molecule has 1 aromatic rings. The zero-order chi connectivity index (χ0) is 15.0. The van der Waals surface area contributed by atoms with E-state index in [1.54, 1.807) is 6.07 Å². The van der Waals surface area contributed by atoms with Gasteiger partial charge in [-0.3, -0.25) is 0 Å². The number of hydrogen-bond acceptors (Lipinski definition) is 4. The Morgan fingerprint density at radius 3 is 3.00 bits per heavy atom. The number of aliphatic imine (C=N–C) groups is 1. The van der Waals surface area contributed by atoms with Crippen LogP contribution in [0.1, 0.15) is 24.8 Å². The van der Waals surface area contributed by atoms with Crippen molar-refractivity contribution < 1.29 is 9.53 Å². The minimum Gasteiger partial charge on any atom is -0.407 e. The van der Waals surface area contributed by atoms with Gasteiger partial charge in [-0.1, -0.05) is 23.2 Å². The molecule has 21 heavy (non-hydrogen) atoms. The van der Waals surface area contributed by atoms with Gasteiger partial charge in [-0.05, 0) is 18.9 Å². The molecule has 2 heterocycles. The number of hydrogen-bond donors (Lipinski definition) is 1. The number of carbonyl (C=O) groups is 1.